The number of hydrogen-bond acceptors (Lipinski definition) is 3. The summed E-state index contributed by atoms with van der Waals surface area (Å²) in [5.74, 6) is 0.160. The summed E-state index contributed by atoms with van der Waals surface area (Å²) in [6.45, 7) is 4.39. The van der Waals surface area contributed by atoms with Gasteiger partial charge in [0.05, 0.1) is 17.8 Å². The Labute approximate surface area is 96.5 Å². The number of amides is 1. The van der Waals surface area contributed by atoms with Crippen LogP contribution in [0.3, 0.4) is 0 Å². The van der Waals surface area contributed by atoms with E-state index in [2.05, 4.69) is 4.98 Å². The molecule has 1 aromatic rings. The number of aromatic nitrogens is 1. The van der Waals surface area contributed by atoms with Crippen LogP contribution in [0.25, 0.3) is 0 Å². The van der Waals surface area contributed by atoms with E-state index in [1.165, 1.54) is 0 Å². The van der Waals surface area contributed by atoms with Gasteiger partial charge in [-0.25, -0.2) is 0 Å². The van der Waals surface area contributed by atoms with Gasteiger partial charge in [-0.05, 0) is 18.1 Å². The lowest BCUT2D eigenvalue weighted by atomic mass is 9.94. The summed E-state index contributed by atoms with van der Waals surface area (Å²) < 4.78 is 0. The molecule has 1 atom stereocenters. The maximum atomic E-state index is 12.1. The monoisotopic (exact) mass is 221 g/mol. The molecule has 0 fully saturated rings. The first-order valence-corrected chi connectivity index (χ1v) is 5.45. The van der Waals surface area contributed by atoms with Gasteiger partial charge in [-0.15, -0.1) is 0 Å². The lowest BCUT2D eigenvalue weighted by Gasteiger charge is -2.25. The van der Waals surface area contributed by atoms with Crippen LogP contribution >= 0.6 is 0 Å². The molecule has 1 amide bonds. The molecule has 0 saturated heterocycles. The first kappa shape index (κ1) is 12.6. The average Bonchev–Trinajstić information content (AvgIpc) is 2.29. The van der Waals surface area contributed by atoms with Gasteiger partial charge in [-0.3, -0.25) is 9.78 Å². The lowest BCUT2D eigenvalue weighted by molar-refractivity contribution is -0.123. The van der Waals surface area contributed by atoms with Crippen LogP contribution in [0.5, 0.6) is 0 Å². The minimum atomic E-state index is -0.134. The number of carbonyl (C=O) groups is 1. The van der Waals surface area contributed by atoms with Crippen LogP contribution in [-0.2, 0) is 4.79 Å². The zero-order valence-electron chi connectivity index (χ0n) is 10.1. The van der Waals surface area contributed by atoms with Gasteiger partial charge < -0.3 is 10.6 Å². The summed E-state index contributed by atoms with van der Waals surface area (Å²) in [6.07, 6.45) is 3.36. The molecular weight excluding hydrogens is 202 g/mol. The molecule has 1 heterocycles. The highest BCUT2D eigenvalue weighted by Crippen LogP contribution is 2.17. The Balaban J connectivity index is 2.81. The van der Waals surface area contributed by atoms with Crippen LogP contribution in [-0.4, -0.2) is 24.5 Å². The fourth-order valence-electron chi connectivity index (χ4n) is 1.59. The van der Waals surface area contributed by atoms with Crippen molar-refractivity contribution in [2.24, 2.45) is 17.6 Å². The van der Waals surface area contributed by atoms with Crippen LogP contribution < -0.4 is 10.6 Å². The number of anilines is 1. The fraction of sp³-hybridized carbons (Fsp3) is 0.500. The highest BCUT2D eigenvalue weighted by Gasteiger charge is 2.24. The number of pyridine rings is 1. The van der Waals surface area contributed by atoms with Gasteiger partial charge in [0.25, 0.3) is 0 Å². The Morgan fingerprint density at radius 3 is 2.69 bits per heavy atom. The molecule has 0 radical (unpaired) electrons. The molecule has 1 aromatic heterocycles. The Morgan fingerprint density at radius 2 is 2.25 bits per heavy atom. The summed E-state index contributed by atoms with van der Waals surface area (Å²) in [5, 5.41) is 0. The molecule has 0 saturated carbocycles. The molecule has 4 nitrogen and oxygen atoms in total. The van der Waals surface area contributed by atoms with E-state index in [0.717, 1.165) is 5.69 Å². The van der Waals surface area contributed by atoms with Crippen molar-refractivity contribution in [2.75, 3.05) is 18.5 Å². The number of carbonyl (C=O) groups excluding carboxylic acids is 1. The quantitative estimate of drug-likeness (QED) is 0.833. The third kappa shape index (κ3) is 2.79. The molecule has 0 aliphatic heterocycles. The Bertz CT molecular complexity index is 337. The van der Waals surface area contributed by atoms with Crippen molar-refractivity contribution in [3.8, 4) is 0 Å². The number of hydrogen-bond donors (Lipinski definition) is 1. The van der Waals surface area contributed by atoms with Gasteiger partial charge in [0.2, 0.25) is 5.91 Å². The molecule has 0 spiro atoms. The van der Waals surface area contributed by atoms with Crippen molar-refractivity contribution in [2.45, 2.75) is 13.8 Å². The van der Waals surface area contributed by atoms with Crippen LogP contribution in [0.15, 0.2) is 24.5 Å². The first-order chi connectivity index (χ1) is 7.57. The van der Waals surface area contributed by atoms with E-state index in [4.69, 9.17) is 5.73 Å². The minimum absolute atomic E-state index is 0.0468. The van der Waals surface area contributed by atoms with Gasteiger partial charge in [0.15, 0.2) is 0 Å². The summed E-state index contributed by atoms with van der Waals surface area (Å²) in [4.78, 5) is 17.7. The molecule has 0 aliphatic rings. The first-order valence-electron chi connectivity index (χ1n) is 5.45. The van der Waals surface area contributed by atoms with E-state index in [1.54, 1.807) is 24.3 Å². The second kappa shape index (κ2) is 5.61. The molecule has 1 unspecified atom stereocenters. The molecular formula is C12H19N3O. The SMILES string of the molecule is CC(C)C(CN)C(=O)N(C)c1cccnc1. The minimum Gasteiger partial charge on any atom is -0.330 e. The van der Waals surface area contributed by atoms with Gasteiger partial charge >= 0.3 is 0 Å². The summed E-state index contributed by atoms with van der Waals surface area (Å²) in [5.41, 5.74) is 6.43. The predicted octanol–water partition coefficient (Wildman–Crippen LogP) is 1.28. The van der Waals surface area contributed by atoms with E-state index < -0.39 is 0 Å². The average molecular weight is 221 g/mol. The van der Waals surface area contributed by atoms with Crippen molar-refractivity contribution < 1.29 is 4.79 Å². The van der Waals surface area contributed by atoms with Crippen LogP contribution in [0.2, 0.25) is 0 Å². The zero-order valence-corrected chi connectivity index (χ0v) is 10.1. The molecule has 88 valence electrons. The van der Waals surface area contributed by atoms with Gasteiger partial charge in [-0.1, -0.05) is 13.8 Å². The largest absolute Gasteiger partial charge is 0.330 e. The summed E-state index contributed by atoms with van der Waals surface area (Å²) in [6, 6.07) is 3.67. The van der Waals surface area contributed by atoms with Crippen molar-refractivity contribution in [3.63, 3.8) is 0 Å². The molecule has 2 N–H and O–H groups in total. The van der Waals surface area contributed by atoms with E-state index in [-0.39, 0.29) is 17.7 Å². The van der Waals surface area contributed by atoms with Crippen molar-refractivity contribution >= 4 is 11.6 Å². The third-order valence-corrected chi connectivity index (χ3v) is 2.74. The molecule has 0 aliphatic carbocycles. The van der Waals surface area contributed by atoms with Crippen LogP contribution in [0, 0.1) is 11.8 Å². The molecule has 1 rings (SSSR count). The fourth-order valence-corrected chi connectivity index (χ4v) is 1.59. The number of nitrogens with two attached hydrogens (primary N) is 1. The molecule has 0 bridgehead atoms. The molecule has 4 heteroatoms. The zero-order chi connectivity index (χ0) is 12.1. The normalized spacial score (nSPS) is 12.6. The van der Waals surface area contributed by atoms with Crippen molar-refractivity contribution in [1.82, 2.24) is 4.98 Å². The predicted molar refractivity (Wildman–Crippen MR) is 65.0 cm³/mol. The third-order valence-electron chi connectivity index (χ3n) is 2.74. The Hall–Kier alpha value is -1.42. The highest BCUT2D eigenvalue weighted by atomic mass is 16.2. The second-order valence-electron chi connectivity index (χ2n) is 4.19. The lowest BCUT2D eigenvalue weighted by Crippen LogP contribution is -2.39. The van der Waals surface area contributed by atoms with Gasteiger partial charge in [0.1, 0.15) is 0 Å². The van der Waals surface area contributed by atoms with E-state index >= 15 is 0 Å². The second-order valence-corrected chi connectivity index (χ2v) is 4.19. The smallest absolute Gasteiger partial charge is 0.231 e. The van der Waals surface area contributed by atoms with Crippen molar-refractivity contribution in [1.29, 1.82) is 0 Å². The highest BCUT2D eigenvalue weighted by molar-refractivity contribution is 5.94. The molecule has 0 aromatic carbocycles. The maximum Gasteiger partial charge on any atom is 0.231 e. The van der Waals surface area contributed by atoms with Crippen LogP contribution in [0.4, 0.5) is 5.69 Å². The number of rotatable bonds is 4. The Morgan fingerprint density at radius 1 is 1.56 bits per heavy atom. The Kier molecular flexibility index (Phi) is 4.43. The van der Waals surface area contributed by atoms with E-state index in [1.807, 2.05) is 26.0 Å². The topological polar surface area (TPSA) is 59.2 Å². The summed E-state index contributed by atoms with van der Waals surface area (Å²) >= 11 is 0. The maximum absolute atomic E-state index is 12.1. The molecule has 16 heavy (non-hydrogen) atoms. The van der Waals surface area contributed by atoms with Crippen molar-refractivity contribution in [3.05, 3.63) is 24.5 Å². The van der Waals surface area contributed by atoms with E-state index in [0.29, 0.717) is 6.54 Å². The number of nitrogens with zero attached hydrogens (tertiary/aromatic N) is 2. The van der Waals surface area contributed by atoms with Gasteiger partial charge in [-0.2, -0.15) is 0 Å². The van der Waals surface area contributed by atoms with Gasteiger partial charge in [0, 0.05) is 19.8 Å². The van der Waals surface area contributed by atoms with E-state index in [9.17, 15) is 4.79 Å². The summed E-state index contributed by atoms with van der Waals surface area (Å²) in [7, 11) is 1.75. The standard InChI is InChI=1S/C12H19N3O/c1-9(2)11(7-13)12(16)15(3)10-5-4-6-14-8-10/h4-6,8-9,11H,7,13H2,1-3H3. The van der Waals surface area contributed by atoms with Crippen LogP contribution in [0.1, 0.15) is 13.8 Å².